The van der Waals surface area contributed by atoms with Gasteiger partial charge in [-0.1, -0.05) is 19.9 Å². The molecule has 2 aromatic rings. The molecular weight excluding hydrogens is 186 g/mol. The lowest BCUT2D eigenvalue weighted by Crippen LogP contribution is -1.99. The maximum atomic E-state index is 4.39. The Kier molecular flexibility index (Phi) is 2.81. The predicted octanol–water partition coefficient (Wildman–Crippen LogP) is 2.78. The van der Waals surface area contributed by atoms with Crippen molar-refractivity contribution in [3.05, 3.63) is 42.4 Å². The van der Waals surface area contributed by atoms with Crippen molar-refractivity contribution in [1.29, 1.82) is 0 Å². The van der Waals surface area contributed by atoms with E-state index in [1.807, 2.05) is 24.5 Å². The van der Waals surface area contributed by atoms with Crippen LogP contribution in [0, 0.1) is 0 Å². The molecule has 0 aliphatic heterocycles. The van der Waals surface area contributed by atoms with Crippen LogP contribution in [0.5, 0.6) is 0 Å². The number of nitrogens with zero attached hydrogens (tertiary/aromatic N) is 3. The summed E-state index contributed by atoms with van der Waals surface area (Å²) in [4.78, 5) is 4.39. The SMILES string of the molecule is CCC(C)c1ccc(-n2cccn2)nc1. The molecule has 1 atom stereocenters. The summed E-state index contributed by atoms with van der Waals surface area (Å²) in [6.45, 7) is 4.40. The summed E-state index contributed by atoms with van der Waals surface area (Å²) in [7, 11) is 0. The summed E-state index contributed by atoms with van der Waals surface area (Å²) in [5.74, 6) is 1.44. The third kappa shape index (κ3) is 2.06. The summed E-state index contributed by atoms with van der Waals surface area (Å²) in [5.41, 5.74) is 1.29. The molecule has 3 nitrogen and oxygen atoms in total. The summed E-state index contributed by atoms with van der Waals surface area (Å²) >= 11 is 0. The van der Waals surface area contributed by atoms with Gasteiger partial charge in [-0.05, 0) is 30.0 Å². The molecular formula is C12H15N3. The smallest absolute Gasteiger partial charge is 0.153 e. The van der Waals surface area contributed by atoms with Gasteiger partial charge >= 0.3 is 0 Å². The maximum absolute atomic E-state index is 4.39. The Morgan fingerprint density at radius 1 is 1.40 bits per heavy atom. The molecule has 0 amide bonds. The molecule has 2 rings (SSSR count). The second-order valence-electron chi connectivity index (χ2n) is 3.71. The van der Waals surface area contributed by atoms with E-state index in [-0.39, 0.29) is 0 Å². The largest absolute Gasteiger partial charge is 0.237 e. The molecule has 0 saturated carbocycles. The zero-order chi connectivity index (χ0) is 10.7. The minimum Gasteiger partial charge on any atom is -0.237 e. The first-order valence-electron chi connectivity index (χ1n) is 5.27. The lowest BCUT2D eigenvalue weighted by Gasteiger charge is -2.08. The maximum Gasteiger partial charge on any atom is 0.153 e. The van der Waals surface area contributed by atoms with Crippen LogP contribution in [0.25, 0.3) is 5.82 Å². The Morgan fingerprint density at radius 3 is 2.80 bits per heavy atom. The second-order valence-corrected chi connectivity index (χ2v) is 3.71. The first-order chi connectivity index (χ1) is 7.31. The van der Waals surface area contributed by atoms with Gasteiger partial charge in [0.25, 0.3) is 0 Å². The molecule has 2 aromatic heterocycles. The Bertz CT molecular complexity index is 403. The monoisotopic (exact) mass is 201 g/mol. The van der Waals surface area contributed by atoms with E-state index in [0.29, 0.717) is 5.92 Å². The van der Waals surface area contributed by atoms with Crippen molar-refractivity contribution in [3.8, 4) is 5.82 Å². The van der Waals surface area contributed by atoms with Crippen molar-refractivity contribution in [2.45, 2.75) is 26.2 Å². The average molecular weight is 201 g/mol. The average Bonchev–Trinajstić information content (AvgIpc) is 2.82. The quantitative estimate of drug-likeness (QED) is 0.764. The zero-order valence-corrected chi connectivity index (χ0v) is 9.09. The normalized spacial score (nSPS) is 12.7. The third-order valence-corrected chi connectivity index (χ3v) is 2.69. The number of rotatable bonds is 3. The Labute approximate surface area is 89.8 Å². The van der Waals surface area contributed by atoms with Gasteiger partial charge in [0.1, 0.15) is 0 Å². The summed E-state index contributed by atoms with van der Waals surface area (Å²) < 4.78 is 1.76. The van der Waals surface area contributed by atoms with E-state index < -0.39 is 0 Å². The fourth-order valence-electron chi connectivity index (χ4n) is 1.46. The van der Waals surface area contributed by atoms with E-state index in [2.05, 4.69) is 30.0 Å². The van der Waals surface area contributed by atoms with Crippen LogP contribution >= 0.6 is 0 Å². The van der Waals surface area contributed by atoms with Gasteiger partial charge in [-0.25, -0.2) is 9.67 Å². The number of aromatic nitrogens is 3. The fraction of sp³-hybridized carbons (Fsp3) is 0.333. The Balaban J connectivity index is 2.25. The highest BCUT2D eigenvalue weighted by atomic mass is 15.3. The molecule has 0 saturated heterocycles. The van der Waals surface area contributed by atoms with E-state index in [4.69, 9.17) is 0 Å². The molecule has 2 heterocycles. The summed E-state index contributed by atoms with van der Waals surface area (Å²) in [6, 6.07) is 6.02. The van der Waals surface area contributed by atoms with E-state index >= 15 is 0 Å². The van der Waals surface area contributed by atoms with Crippen molar-refractivity contribution in [3.63, 3.8) is 0 Å². The molecule has 1 unspecified atom stereocenters. The molecule has 0 bridgehead atoms. The second kappa shape index (κ2) is 4.26. The van der Waals surface area contributed by atoms with Crippen LogP contribution in [-0.2, 0) is 0 Å². The number of pyridine rings is 1. The van der Waals surface area contributed by atoms with Gasteiger partial charge in [0.15, 0.2) is 5.82 Å². The highest BCUT2D eigenvalue weighted by molar-refractivity contribution is 5.26. The summed E-state index contributed by atoms with van der Waals surface area (Å²) in [5, 5.41) is 4.14. The highest BCUT2D eigenvalue weighted by Gasteiger charge is 2.03. The molecule has 3 heteroatoms. The number of hydrogen-bond donors (Lipinski definition) is 0. The number of hydrogen-bond acceptors (Lipinski definition) is 2. The minimum absolute atomic E-state index is 0.573. The van der Waals surface area contributed by atoms with Crippen molar-refractivity contribution in [2.24, 2.45) is 0 Å². The first kappa shape index (κ1) is 9.90. The molecule has 0 radical (unpaired) electrons. The van der Waals surface area contributed by atoms with Gasteiger partial charge < -0.3 is 0 Å². The Hall–Kier alpha value is -1.64. The molecule has 15 heavy (non-hydrogen) atoms. The summed E-state index contributed by atoms with van der Waals surface area (Å²) in [6.07, 6.45) is 6.73. The van der Waals surface area contributed by atoms with E-state index in [9.17, 15) is 0 Å². The first-order valence-corrected chi connectivity index (χ1v) is 5.27. The molecule has 0 aliphatic carbocycles. The molecule has 0 spiro atoms. The topological polar surface area (TPSA) is 30.7 Å². The van der Waals surface area contributed by atoms with Crippen LogP contribution in [0.1, 0.15) is 31.7 Å². The Morgan fingerprint density at radius 2 is 2.27 bits per heavy atom. The lowest BCUT2D eigenvalue weighted by molar-refractivity contribution is 0.726. The van der Waals surface area contributed by atoms with E-state index in [0.717, 1.165) is 12.2 Å². The van der Waals surface area contributed by atoms with E-state index in [1.54, 1.807) is 10.9 Å². The highest BCUT2D eigenvalue weighted by Crippen LogP contribution is 2.17. The van der Waals surface area contributed by atoms with Gasteiger partial charge in [-0.2, -0.15) is 5.10 Å². The zero-order valence-electron chi connectivity index (χ0n) is 9.09. The van der Waals surface area contributed by atoms with Crippen molar-refractivity contribution in [1.82, 2.24) is 14.8 Å². The molecule has 0 fully saturated rings. The van der Waals surface area contributed by atoms with Gasteiger partial charge in [0.05, 0.1) is 0 Å². The van der Waals surface area contributed by atoms with Gasteiger partial charge in [-0.3, -0.25) is 0 Å². The van der Waals surface area contributed by atoms with Crippen molar-refractivity contribution < 1.29 is 0 Å². The predicted molar refractivity (Wildman–Crippen MR) is 60.1 cm³/mol. The van der Waals surface area contributed by atoms with Gasteiger partial charge in [-0.15, -0.1) is 0 Å². The van der Waals surface area contributed by atoms with Crippen LogP contribution in [0.4, 0.5) is 0 Å². The van der Waals surface area contributed by atoms with Crippen molar-refractivity contribution in [2.75, 3.05) is 0 Å². The van der Waals surface area contributed by atoms with Crippen molar-refractivity contribution >= 4 is 0 Å². The van der Waals surface area contributed by atoms with Crippen LogP contribution in [0.2, 0.25) is 0 Å². The van der Waals surface area contributed by atoms with Crippen LogP contribution in [-0.4, -0.2) is 14.8 Å². The van der Waals surface area contributed by atoms with Crippen LogP contribution < -0.4 is 0 Å². The van der Waals surface area contributed by atoms with Crippen LogP contribution in [0.15, 0.2) is 36.8 Å². The van der Waals surface area contributed by atoms with Gasteiger partial charge in [0.2, 0.25) is 0 Å². The molecule has 0 N–H and O–H groups in total. The fourth-order valence-corrected chi connectivity index (χ4v) is 1.46. The minimum atomic E-state index is 0.573. The van der Waals surface area contributed by atoms with Gasteiger partial charge in [0, 0.05) is 18.6 Å². The van der Waals surface area contributed by atoms with E-state index in [1.165, 1.54) is 5.56 Å². The lowest BCUT2D eigenvalue weighted by atomic mass is 10.0. The molecule has 78 valence electrons. The van der Waals surface area contributed by atoms with Crippen LogP contribution in [0.3, 0.4) is 0 Å². The molecule has 0 aromatic carbocycles. The molecule has 0 aliphatic rings. The standard InChI is InChI=1S/C12H15N3/c1-3-10(2)11-5-6-12(13-9-11)15-8-4-7-14-15/h4-10H,3H2,1-2H3. The third-order valence-electron chi connectivity index (χ3n) is 2.69.